The maximum atomic E-state index is 12.8. The van der Waals surface area contributed by atoms with Crippen molar-refractivity contribution in [3.63, 3.8) is 0 Å². The summed E-state index contributed by atoms with van der Waals surface area (Å²) in [5.41, 5.74) is 2.63. The third-order valence-corrected chi connectivity index (χ3v) is 5.79. The van der Waals surface area contributed by atoms with Crippen molar-refractivity contribution in [3.8, 4) is 5.69 Å². The average molecular weight is 438 g/mol. The van der Waals surface area contributed by atoms with Crippen molar-refractivity contribution in [2.24, 2.45) is 0 Å². The number of benzene rings is 2. The van der Waals surface area contributed by atoms with Crippen LogP contribution >= 0.6 is 11.6 Å². The standard InChI is InChI=1S/C23H24ClN5O2/c1-26(2)18-10-8-17(9-11-18)22(30)28-14-12-27(13-15-28)20-16-25-29(23(31)21(20)24)19-6-4-3-5-7-19/h3-11,16H,12-15H2,1-2H3. The van der Waals surface area contributed by atoms with Gasteiger partial charge in [-0.1, -0.05) is 29.8 Å². The molecule has 0 unspecified atom stereocenters. The molecule has 8 heteroatoms. The van der Waals surface area contributed by atoms with E-state index in [4.69, 9.17) is 11.6 Å². The summed E-state index contributed by atoms with van der Waals surface area (Å²) in [6.07, 6.45) is 1.62. The van der Waals surface area contributed by atoms with Gasteiger partial charge in [-0.05, 0) is 36.4 Å². The van der Waals surface area contributed by atoms with E-state index in [1.165, 1.54) is 4.68 Å². The molecule has 1 aliphatic heterocycles. The van der Waals surface area contributed by atoms with Gasteiger partial charge < -0.3 is 14.7 Å². The third-order valence-electron chi connectivity index (χ3n) is 5.44. The SMILES string of the molecule is CN(C)c1ccc(C(=O)N2CCN(c3cnn(-c4ccccc4)c(=O)c3Cl)CC2)cc1. The van der Waals surface area contributed by atoms with Crippen molar-refractivity contribution >= 4 is 28.9 Å². The lowest BCUT2D eigenvalue weighted by molar-refractivity contribution is 0.0747. The zero-order valence-electron chi connectivity index (χ0n) is 17.5. The van der Waals surface area contributed by atoms with Gasteiger partial charge in [0.05, 0.1) is 17.6 Å². The van der Waals surface area contributed by atoms with Crippen LogP contribution in [0.15, 0.2) is 65.6 Å². The molecule has 31 heavy (non-hydrogen) atoms. The van der Waals surface area contributed by atoms with Gasteiger partial charge >= 0.3 is 0 Å². The predicted molar refractivity (Wildman–Crippen MR) is 124 cm³/mol. The second-order valence-electron chi connectivity index (χ2n) is 7.62. The first-order chi connectivity index (χ1) is 15.0. The summed E-state index contributed by atoms with van der Waals surface area (Å²) in [6.45, 7) is 2.26. The van der Waals surface area contributed by atoms with Gasteiger partial charge in [0.2, 0.25) is 0 Å². The van der Waals surface area contributed by atoms with Crippen LogP contribution in [0.2, 0.25) is 5.02 Å². The summed E-state index contributed by atoms with van der Waals surface area (Å²) in [5.74, 6) is 0.00803. The lowest BCUT2D eigenvalue weighted by atomic mass is 10.1. The molecule has 1 aromatic heterocycles. The van der Waals surface area contributed by atoms with Crippen LogP contribution in [0.1, 0.15) is 10.4 Å². The Morgan fingerprint density at radius 1 is 0.968 bits per heavy atom. The molecule has 1 fully saturated rings. The molecule has 0 radical (unpaired) electrons. The summed E-state index contributed by atoms with van der Waals surface area (Å²) >= 11 is 6.42. The van der Waals surface area contributed by atoms with E-state index in [-0.39, 0.29) is 16.5 Å². The van der Waals surface area contributed by atoms with Gasteiger partial charge in [0.25, 0.3) is 11.5 Å². The minimum absolute atomic E-state index is 0.00803. The Bertz CT molecular complexity index is 1120. The number of rotatable bonds is 4. The number of para-hydroxylation sites is 1. The number of hydrogen-bond acceptors (Lipinski definition) is 5. The zero-order chi connectivity index (χ0) is 22.0. The average Bonchev–Trinajstić information content (AvgIpc) is 2.81. The van der Waals surface area contributed by atoms with Crippen LogP contribution in [0, 0.1) is 0 Å². The van der Waals surface area contributed by atoms with Crippen molar-refractivity contribution in [1.82, 2.24) is 14.7 Å². The highest BCUT2D eigenvalue weighted by molar-refractivity contribution is 6.33. The highest BCUT2D eigenvalue weighted by atomic mass is 35.5. The number of aromatic nitrogens is 2. The number of carbonyl (C=O) groups excluding carboxylic acids is 1. The Balaban J connectivity index is 1.46. The summed E-state index contributed by atoms with van der Waals surface area (Å²) in [4.78, 5) is 31.4. The fourth-order valence-electron chi connectivity index (χ4n) is 3.63. The second kappa shape index (κ2) is 8.81. The van der Waals surface area contributed by atoms with Gasteiger partial charge in [0.15, 0.2) is 0 Å². The predicted octanol–water partition coefficient (Wildman–Crippen LogP) is 2.91. The van der Waals surface area contributed by atoms with Crippen molar-refractivity contribution in [1.29, 1.82) is 0 Å². The van der Waals surface area contributed by atoms with E-state index in [2.05, 4.69) is 5.10 Å². The van der Waals surface area contributed by atoms with Gasteiger partial charge in [-0.2, -0.15) is 9.78 Å². The van der Waals surface area contributed by atoms with Crippen LogP contribution < -0.4 is 15.4 Å². The Hall–Kier alpha value is -3.32. The van der Waals surface area contributed by atoms with Gasteiger partial charge in [0.1, 0.15) is 5.02 Å². The molecule has 0 atom stereocenters. The quantitative estimate of drug-likeness (QED) is 0.628. The van der Waals surface area contributed by atoms with Crippen LogP contribution in [-0.4, -0.2) is 60.9 Å². The fraction of sp³-hybridized carbons (Fsp3) is 0.261. The molecule has 0 bridgehead atoms. The number of anilines is 2. The van der Waals surface area contributed by atoms with Crippen LogP contribution in [0.3, 0.4) is 0 Å². The third kappa shape index (κ3) is 4.27. The smallest absolute Gasteiger partial charge is 0.292 e. The van der Waals surface area contributed by atoms with E-state index in [9.17, 15) is 9.59 Å². The fourth-order valence-corrected chi connectivity index (χ4v) is 3.88. The van der Waals surface area contributed by atoms with Crippen LogP contribution in [-0.2, 0) is 0 Å². The lowest BCUT2D eigenvalue weighted by Crippen LogP contribution is -2.49. The largest absolute Gasteiger partial charge is 0.378 e. The molecule has 0 spiro atoms. The van der Waals surface area contributed by atoms with Crippen LogP contribution in [0.5, 0.6) is 0 Å². The van der Waals surface area contributed by atoms with Gasteiger partial charge in [-0.3, -0.25) is 9.59 Å². The van der Waals surface area contributed by atoms with E-state index in [0.29, 0.717) is 43.1 Å². The normalized spacial score (nSPS) is 13.9. The number of amides is 1. The first-order valence-electron chi connectivity index (χ1n) is 10.1. The first-order valence-corrected chi connectivity index (χ1v) is 10.5. The molecule has 0 aliphatic carbocycles. The molecule has 0 saturated carbocycles. The number of nitrogens with zero attached hydrogens (tertiary/aromatic N) is 5. The van der Waals surface area contributed by atoms with E-state index in [1.54, 1.807) is 18.3 Å². The van der Waals surface area contributed by atoms with Crippen LogP contribution in [0.25, 0.3) is 5.69 Å². The van der Waals surface area contributed by atoms with E-state index in [1.807, 2.05) is 71.3 Å². The van der Waals surface area contributed by atoms with Crippen molar-refractivity contribution in [2.75, 3.05) is 50.1 Å². The summed E-state index contributed by atoms with van der Waals surface area (Å²) < 4.78 is 1.29. The molecule has 7 nitrogen and oxygen atoms in total. The Morgan fingerprint density at radius 2 is 1.61 bits per heavy atom. The molecule has 1 amide bonds. The number of piperazine rings is 1. The minimum atomic E-state index is -0.357. The van der Waals surface area contributed by atoms with Gasteiger partial charge in [-0.25, -0.2) is 0 Å². The summed E-state index contributed by atoms with van der Waals surface area (Å²) in [7, 11) is 3.93. The molecule has 4 rings (SSSR count). The summed E-state index contributed by atoms with van der Waals surface area (Å²) in [6, 6.07) is 16.8. The topological polar surface area (TPSA) is 61.7 Å². The minimum Gasteiger partial charge on any atom is -0.378 e. The molecule has 3 aromatic rings. The Morgan fingerprint density at radius 3 is 2.23 bits per heavy atom. The van der Waals surface area contributed by atoms with Crippen molar-refractivity contribution in [3.05, 3.63) is 81.7 Å². The van der Waals surface area contributed by atoms with Crippen LogP contribution in [0.4, 0.5) is 11.4 Å². The number of hydrogen-bond donors (Lipinski definition) is 0. The first kappa shape index (κ1) is 20.9. The molecule has 1 saturated heterocycles. The van der Waals surface area contributed by atoms with Crippen molar-refractivity contribution in [2.45, 2.75) is 0 Å². The number of carbonyl (C=O) groups is 1. The molecule has 0 N–H and O–H groups in total. The van der Waals surface area contributed by atoms with E-state index < -0.39 is 0 Å². The molecule has 2 aromatic carbocycles. The molecule has 1 aliphatic rings. The molecular weight excluding hydrogens is 414 g/mol. The van der Waals surface area contributed by atoms with Crippen molar-refractivity contribution < 1.29 is 4.79 Å². The van der Waals surface area contributed by atoms with Gasteiger partial charge in [0, 0.05) is 51.5 Å². The number of halogens is 1. The maximum Gasteiger partial charge on any atom is 0.292 e. The highest BCUT2D eigenvalue weighted by Crippen LogP contribution is 2.23. The molecule has 2 heterocycles. The molecule has 160 valence electrons. The van der Waals surface area contributed by atoms with Gasteiger partial charge in [-0.15, -0.1) is 0 Å². The zero-order valence-corrected chi connectivity index (χ0v) is 18.3. The molecular formula is C23H24ClN5O2. The Labute approximate surface area is 186 Å². The van der Waals surface area contributed by atoms with E-state index in [0.717, 1.165) is 5.69 Å². The Kier molecular flexibility index (Phi) is 5.95. The highest BCUT2D eigenvalue weighted by Gasteiger charge is 2.25. The maximum absolute atomic E-state index is 12.8. The monoisotopic (exact) mass is 437 g/mol. The second-order valence-corrected chi connectivity index (χ2v) is 7.99. The summed E-state index contributed by atoms with van der Waals surface area (Å²) in [5, 5.41) is 4.44. The lowest BCUT2D eigenvalue weighted by Gasteiger charge is -2.36. The van der Waals surface area contributed by atoms with E-state index >= 15 is 0 Å².